The number of likely N-dealkylation sites (N-methyl/N-ethyl adjacent to an activating group) is 1. The third-order valence-corrected chi connectivity index (χ3v) is 10.7. The van der Waals surface area contributed by atoms with Crippen molar-refractivity contribution < 1.29 is 32.9 Å². The van der Waals surface area contributed by atoms with Crippen molar-refractivity contribution in [3.63, 3.8) is 0 Å². The Balaban J connectivity index is 4.44. The number of nitrogens with one attached hydrogen (secondary N) is 1. The van der Waals surface area contributed by atoms with Crippen LogP contribution in [-0.2, 0) is 18.4 Å². The average Bonchev–Trinajstić information content (AvgIpc) is 3.15. The molecular weight excluding hydrogens is 719 g/mol. The minimum Gasteiger partial charge on any atom is -0.756 e. The summed E-state index contributed by atoms with van der Waals surface area (Å²) >= 11 is 0. The molecule has 3 unspecified atom stereocenters. The average molecular weight is 807 g/mol. The van der Waals surface area contributed by atoms with Crippen molar-refractivity contribution in [1.29, 1.82) is 0 Å². The molecule has 0 radical (unpaired) electrons. The van der Waals surface area contributed by atoms with Gasteiger partial charge < -0.3 is 28.8 Å². The summed E-state index contributed by atoms with van der Waals surface area (Å²) in [6.07, 6.45) is 49.3. The van der Waals surface area contributed by atoms with Gasteiger partial charge in [0.2, 0.25) is 5.91 Å². The molecule has 0 aliphatic rings. The largest absolute Gasteiger partial charge is 0.756 e. The normalized spacial score (nSPS) is 14.9. The van der Waals surface area contributed by atoms with Crippen molar-refractivity contribution >= 4 is 13.7 Å². The van der Waals surface area contributed by atoms with Crippen LogP contribution in [0.4, 0.5) is 0 Å². The summed E-state index contributed by atoms with van der Waals surface area (Å²) in [5.41, 5.74) is 0. The summed E-state index contributed by atoms with van der Waals surface area (Å²) in [7, 11) is 1.27. The summed E-state index contributed by atoms with van der Waals surface area (Å²) in [5.74, 6) is -0.198. The van der Waals surface area contributed by atoms with Crippen LogP contribution < -0.4 is 10.2 Å². The number of hydrogen-bond donors (Lipinski definition) is 2. The first kappa shape index (κ1) is 54.2. The number of aliphatic hydroxyl groups excluding tert-OH is 1. The molecule has 0 rings (SSSR count). The Hall–Kier alpha value is -1.80. The third-order valence-electron chi connectivity index (χ3n) is 9.77. The number of nitrogens with zero attached hydrogens (tertiary/aromatic N) is 1. The second-order valence-electron chi connectivity index (χ2n) is 16.4. The van der Waals surface area contributed by atoms with Gasteiger partial charge in [-0.25, -0.2) is 0 Å². The molecule has 8 nitrogen and oxygen atoms in total. The van der Waals surface area contributed by atoms with E-state index in [4.69, 9.17) is 9.05 Å². The quantitative estimate of drug-likeness (QED) is 0.0276. The molecule has 3 atom stereocenters. The molecule has 0 heterocycles. The van der Waals surface area contributed by atoms with Crippen LogP contribution in [0.1, 0.15) is 181 Å². The van der Waals surface area contributed by atoms with Gasteiger partial charge in [0, 0.05) is 6.42 Å². The molecule has 0 bridgehead atoms. The SMILES string of the molecule is CC/C=C\C/C=C\C/C=C\C/C=C\C/C=C\CCCCCC(=O)NC(COP(=O)([O-])OCC[N+](C)(C)C)C(O)CCCCCCCCCCCCCCCCC. The number of hydrogen-bond acceptors (Lipinski definition) is 6. The highest BCUT2D eigenvalue weighted by molar-refractivity contribution is 7.45. The number of aliphatic hydroxyl groups is 1. The van der Waals surface area contributed by atoms with Crippen molar-refractivity contribution in [2.45, 2.75) is 193 Å². The molecule has 0 spiro atoms. The Kier molecular flexibility index (Phi) is 37.5. The Morgan fingerprint density at radius 3 is 1.57 bits per heavy atom. The molecule has 9 heteroatoms. The van der Waals surface area contributed by atoms with Gasteiger partial charge >= 0.3 is 0 Å². The second-order valence-corrected chi connectivity index (χ2v) is 17.8. The molecule has 0 aromatic heterocycles. The van der Waals surface area contributed by atoms with E-state index in [2.05, 4.69) is 79.9 Å². The molecule has 0 saturated carbocycles. The highest BCUT2D eigenvalue weighted by Crippen LogP contribution is 2.38. The van der Waals surface area contributed by atoms with Gasteiger partial charge in [-0.2, -0.15) is 0 Å². The number of rotatable bonds is 40. The van der Waals surface area contributed by atoms with E-state index in [-0.39, 0.29) is 19.1 Å². The van der Waals surface area contributed by atoms with Gasteiger partial charge in [0.1, 0.15) is 13.2 Å². The topological polar surface area (TPSA) is 108 Å². The molecule has 1 amide bonds. The monoisotopic (exact) mass is 807 g/mol. The van der Waals surface area contributed by atoms with Gasteiger partial charge in [0.25, 0.3) is 7.82 Å². The highest BCUT2D eigenvalue weighted by Gasteiger charge is 2.24. The molecule has 326 valence electrons. The maximum atomic E-state index is 12.9. The van der Waals surface area contributed by atoms with E-state index in [0.717, 1.165) is 77.0 Å². The Labute approximate surface area is 345 Å². The number of amides is 1. The van der Waals surface area contributed by atoms with Gasteiger partial charge in [-0.05, 0) is 57.8 Å². The van der Waals surface area contributed by atoms with Gasteiger partial charge in [-0.1, -0.05) is 177 Å². The lowest BCUT2D eigenvalue weighted by Gasteiger charge is -2.30. The first-order chi connectivity index (χ1) is 27.0. The van der Waals surface area contributed by atoms with Crippen LogP contribution in [0.5, 0.6) is 0 Å². The van der Waals surface area contributed by atoms with E-state index in [0.29, 0.717) is 23.9 Å². The van der Waals surface area contributed by atoms with Crippen molar-refractivity contribution in [3.05, 3.63) is 60.8 Å². The van der Waals surface area contributed by atoms with Gasteiger partial charge in [0.15, 0.2) is 0 Å². The lowest BCUT2D eigenvalue weighted by Crippen LogP contribution is -2.46. The minimum atomic E-state index is -4.58. The van der Waals surface area contributed by atoms with Crippen molar-refractivity contribution in [2.24, 2.45) is 0 Å². The molecule has 0 aromatic rings. The lowest BCUT2D eigenvalue weighted by molar-refractivity contribution is -0.870. The van der Waals surface area contributed by atoms with E-state index in [1.165, 1.54) is 77.0 Å². The molecule has 56 heavy (non-hydrogen) atoms. The van der Waals surface area contributed by atoms with Crippen LogP contribution in [0.15, 0.2) is 60.8 Å². The fraction of sp³-hybridized carbons (Fsp3) is 0.766. The van der Waals surface area contributed by atoms with Crippen LogP contribution in [0.3, 0.4) is 0 Å². The predicted molar refractivity (Wildman–Crippen MR) is 237 cm³/mol. The number of phosphoric acid groups is 1. The van der Waals surface area contributed by atoms with Crippen LogP contribution in [0, 0.1) is 0 Å². The fourth-order valence-electron chi connectivity index (χ4n) is 6.18. The number of carbonyl (C=O) groups excluding carboxylic acids is 1. The predicted octanol–water partition coefficient (Wildman–Crippen LogP) is 12.0. The van der Waals surface area contributed by atoms with E-state index in [9.17, 15) is 19.4 Å². The third kappa shape index (κ3) is 40.4. The van der Waals surface area contributed by atoms with E-state index >= 15 is 0 Å². The summed E-state index contributed by atoms with van der Waals surface area (Å²) in [5, 5.41) is 13.9. The minimum absolute atomic E-state index is 0.00258. The fourth-order valence-corrected chi connectivity index (χ4v) is 6.91. The lowest BCUT2D eigenvalue weighted by atomic mass is 10.0. The van der Waals surface area contributed by atoms with Crippen LogP contribution >= 0.6 is 7.82 Å². The second kappa shape index (κ2) is 38.7. The molecule has 0 aliphatic heterocycles. The molecule has 0 aromatic carbocycles. The molecular formula is C47H87N2O6P. The molecule has 2 N–H and O–H groups in total. The Morgan fingerprint density at radius 1 is 0.643 bits per heavy atom. The Bertz CT molecular complexity index is 1100. The standard InChI is InChI=1S/C47H87N2O6P/c1-6-8-10-12-14-16-18-20-22-23-24-25-27-29-31-33-35-37-39-41-47(51)48-45(44-55-56(52,53)54-43-42-49(3,4)5)46(50)40-38-36-34-32-30-28-26-21-19-17-15-13-11-9-7-2/h8,10,14,16,20,22,24-25,29,31,45-46,50H,6-7,9,11-13,15,17-19,21,23,26-28,30,32-44H2,1-5H3,(H-,48,51,52,53)/b10-8-,16-14-,22-20-,25-24-,31-29-. The van der Waals surface area contributed by atoms with Gasteiger partial charge in [0.05, 0.1) is 39.9 Å². The number of carbonyl (C=O) groups is 1. The summed E-state index contributed by atoms with van der Waals surface area (Å²) in [6.45, 7) is 4.57. The smallest absolute Gasteiger partial charge is 0.268 e. The summed E-state index contributed by atoms with van der Waals surface area (Å²) in [4.78, 5) is 25.3. The summed E-state index contributed by atoms with van der Waals surface area (Å²) < 4.78 is 23.3. The van der Waals surface area contributed by atoms with Crippen LogP contribution in [0.25, 0.3) is 0 Å². The molecule has 0 saturated heterocycles. The first-order valence-electron chi connectivity index (χ1n) is 22.6. The zero-order valence-electron chi connectivity index (χ0n) is 36.8. The van der Waals surface area contributed by atoms with Crippen molar-refractivity contribution in [1.82, 2.24) is 5.32 Å². The van der Waals surface area contributed by atoms with E-state index in [1.54, 1.807) is 0 Å². The first-order valence-corrected chi connectivity index (χ1v) is 24.1. The Morgan fingerprint density at radius 2 is 1.09 bits per heavy atom. The molecule has 0 fully saturated rings. The van der Waals surface area contributed by atoms with Crippen LogP contribution in [-0.4, -0.2) is 68.5 Å². The highest BCUT2D eigenvalue weighted by atomic mass is 31.2. The number of allylic oxidation sites excluding steroid dienone is 10. The van der Waals surface area contributed by atoms with Gasteiger partial charge in [-0.15, -0.1) is 0 Å². The zero-order valence-corrected chi connectivity index (χ0v) is 37.7. The van der Waals surface area contributed by atoms with E-state index in [1.807, 2.05) is 21.1 Å². The number of quaternary nitrogens is 1. The van der Waals surface area contributed by atoms with Gasteiger partial charge in [-0.3, -0.25) is 9.36 Å². The van der Waals surface area contributed by atoms with Crippen molar-refractivity contribution in [2.75, 3.05) is 40.9 Å². The van der Waals surface area contributed by atoms with Crippen LogP contribution in [0.2, 0.25) is 0 Å². The maximum Gasteiger partial charge on any atom is 0.268 e. The van der Waals surface area contributed by atoms with E-state index < -0.39 is 20.0 Å². The maximum absolute atomic E-state index is 12.9. The summed E-state index contributed by atoms with van der Waals surface area (Å²) in [6, 6.07) is -0.820. The number of phosphoric ester groups is 1. The van der Waals surface area contributed by atoms with Crippen molar-refractivity contribution in [3.8, 4) is 0 Å². The zero-order chi connectivity index (χ0) is 41.4. The molecule has 0 aliphatic carbocycles. The number of unbranched alkanes of at least 4 members (excludes halogenated alkanes) is 17.